The number of anilines is 1. The van der Waals surface area contributed by atoms with Gasteiger partial charge in [0.2, 0.25) is 0 Å². The maximum absolute atomic E-state index is 12.6. The Balaban J connectivity index is 1.81. The number of hydrogen-bond acceptors (Lipinski definition) is 12. The number of rotatable bonds is 8. The third kappa shape index (κ3) is 6.67. The predicted octanol–water partition coefficient (Wildman–Crippen LogP) is 4.65. The van der Waals surface area contributed by atoms with E-state index in [1.54, 1.807) is 4.57 Å². The summed E-state index contributed by atoms with van der Waals surface area (Å²) in [7, 11) is 3.87. The minimum atomic E-state index is -1.41. The van der Waals surface area contributed by atoms with Crippen LogP contribution in [0.3, 0.4) is 0 Å². The van der Waals surface area contributed by atoms with Crippen molar-refractivity contribution in [2.75, 3.05) is 25.6 Å². The van der Waals surface area contributed by atoms with E-state index >= 15 is 0 Å². The highest BCUT2D eigenvalue weighted by Crippen LogP contribution is 2.47. The molecule has 1 saturated heterocycles. The van der Waals surface area contributed by atoms with E-state index in [0.29, 0.717) is 17.7 Å². The number of nitriles is 1. The van der Waals surface area contributed by atoms with Gasteiger partial charge in [-0.2, -0.15) is 5.26 Å². The molecule has 48 heavy (non-hydrogen) atoms. The summed E-state index contributed by atoms with van der Waals surface area (Å²) in [6.45, 7) is 4.29. The molecule has 1 aromatic heterocycles. The first kappa shape index (κ1) is 34.3. The van der Waals surface area contributed by atoms with E-state index in [-0.39, 0.29) is 10.2 Å². The first-order valence-electron chi connectivity index (χ1n) is 15.2. The number of carbonyl (C=O) groups excluding carboxylic acids is 4. The van der Waals surface area contributed by atoms with Crippen LogP contribution in [0.1, 0.15) is 50.6 Å². The Morgan fingerprint density at radius 2 is 1.50 bits per heavy atom. The molecule has 250 valence electrons. The van der Waals surface area contributed by atoms with Gasteiger partial charge < -0.3 is 33.2 Å². The smallest absolute Gasteiger partial charge is 0.303 e. The van der Waals surface area contributed by atoms with Crippen LogP contribution in [0.5, 0.6) is 0 Å². The van der Waals surface area contributed by atoms with Crippen molar-refractivity contribution in [3.63, 3.8) is 0 Å². The lowest BCUT2D eigenvalue weighted by Gasteiger charge is -2.45. The third-order valence-electron chi connectivity index (χ3n) is 8.16. The van der Waals surface area contributed by atoms with Crippen LogP contribution in [0.25, 0.3) is 22.4 Å². The highest BCUT2D eigenvalue weighted by atomic mass is 32.1. The van der Waals surface area contributed by atoms with Gasteiger partial charge in [-0.25, -0.2) is 0 Å². The van der Waals surface area contributed by atoms with Crippen molar-refractivity contribution in [3.8, 4) is 28.5 Å². The molecule has 3 aromatic rings. The molecule has 2 aliphatic rings. The number of aromatic nitrogens is 1. The molecule has 0 spiro atoms. The summed E-state index contributed by atoms with van der Waals surface area (Å²) < 4.78 is 30.5. The number of carbonyl (C=O) groups is 4. The van der Waals surface area contributed by atoms with E-state index in [4.69, 9.17) is 35.9 Å². The molecule has 0 N–H and O–H groups in total. The zero-order chi connectivity index (χ0) is 34.9. The maximum atomic E-state index is 12.6. The first-order chi connectivity index (χ1) is 22.8. The summed E-state index contributed by atoms with van der Waals surface area (Å²) in [5.41, 5.74) is 5.75. The van der Waals surface area contributed by atoms with Crippen LogP contribution in [-0.4, -0.2) is 73.6 Å². The zero-order valence-corrected chi connectivity index (χ0v) is 28.2. The summed E-state index contributed by atoms with van der Waals surface area (Å²) in [6, 6.07) is 17.7. The molecular weight excluding hydrogens is 638 g/mol. The fourth-order valence-electron chi connectivity index (χ4n) is 6.31. The number of benzene rings is 2. The normalized spacial score (nSPS) is 20.8. The lowest BCUT2D eigenvalue weighted by molar-refractivity contribution is -0.268. The van der Waals surface area contributed by atoms with Crippen LogP contribution >= 0.6 is 12.2 Å². The van der Waals surface area contributed by atoms with Crippen LogP contribution in [0.15, 0.2) is 48.5 Å². The van der Waals surface area contributed by atoms with Crippen molar-refractivity contribution in [1.82, 2.24) is 4.57 Å². The van der Waals surface area contributed by atoms with Crippen LogP contribution in [0, 0.1) is 16.0 Å². The second kappa shape index (κ2) is 14.0. The van der Waals surface area contributed by atoms with Gasteiger partial charge in [-0.05, 0) is 28.8 Å². The Bertz CT molecular complexity index is 1880. The molecule has 1 aliphatic heterocycles. The summed E-state index contributed by atoms with van der Waals surface area (Å²) in [5, 5.41) is 10.6. The monoisotopic (exact) mass is 673 g/mol. The van der Waals surface area contributed by atoms with Gasteiger partial charge in [-0.1, -0.05) is 48.6 Å². The second-order valence-corrected chi connectivity index (χ2v) is 12.1. The van der Waals surface area contributed by atoms with E-state index in [1.807, 2.05) is 67.5 Å². The highest BCUT2D eigenvalue weighted by molar-refractivity contribution is 7.71. The number of fused-ring (bicyclic) bond motifs is 3. The average molecular weight is 674 g/mol. The molecule has 0 saturated carbocycles. The minimum absolute atomic E-state index is 0.0699. The Labute approximate surface area is 282 Å². The molecular formula is C35H35N3O9S. The van der Waals surface area contributed by atoms with E-state index < -0.39 is 61.1 Å². The number of ether oxygens (including phenoxy) is 5. The fourth-order valence-corrected chi connectivity index (χ4v) is 6.65. The average Bonchev–Trinajstić information content (AvgIpc) is 3.40. The number of esters is 4. The van der Waals surface area contributed by atoms with Crippen molar-refractivity contribution < 1.29 is 42.9 Å². The SMILES string of the molecule is CC(=O)OC[C@H]1O[C@@H](n2c3c(c(-c4ccc(N(C)C)cc4)c(C#N)c2=S)Cc2ccccc2-3)[C@H](OC(C)=O)[C@@H](OC(C)=O)[C@H]1OC(C)=O. The van der Waals surface area contributed by atoms with Crippen molar-refractivity contribution in [2.24, 2.45) is 0 Å². The van der Waals surface area contributed by atoms with Gasteiger partial charge in [0.05, 0.1) is 11.3 Å². The summed E-state index contributed by atoms with van der Waals surface area (Å²) in [5.74, 6) is -2.87. The molecule has 0 radical (unpaired) electrons. The topological polar surface area (TPSA) is 146 Å². The summed E-state index contributed by atoms with van der Waals surface area (Å²) in [4.78, 5) is 51.2. The Morgan fingerprint density at radius 1 is 0.896 bits per heavy atom. The number of nitrogens with zero attached hydrogens (tertiary/aromatic N) is 3. The van der Waals surface area contributed by atoms with Gasteiger partial charge in [-0.15, -0.1) is 0 Å². The van der Waals surface area contributed by atoms with E-state index in [2.05, 4.69) is 6.07 Å². The van der Waals surface area contributed by atoms with Gasteiger partial charge in [0.25, 0.3) is 0 Å². The lowest BCUT2D eigenvalue weighted by Crippen LogP contribution is -2.60. The van der Waals surface area contributed by atoms with Crippen LogP contribution in [0.2, 0.25) is 0 Å². The minimum Gasteiger partial charge on any atom is -0.463 e. The third-order valence-corrected chi connectivity index (χ3v) is 8.56. The molecule has 1 fully saturated rings. The molecule has 13 heteroatoms. The molecule has 0 unspecified atom stereocenters. The second-order valence-electron chi connectivity index (χ2n) is 11.7. The van der Waals surface area contributed by atoms with Crippen LogP contribution in [0.4, 0.5) is 5.69 Å². The predicted molar refractivity (Wildman–Crippen MR) is 175 cm³/mol. The van der Waals surface area contributed by atoms with E-state index in [9.17, 15) is 24.4 Å². The summed E-state index contributed by atoms with van der Waals surface area (Å²) >= 11 is 6.07. The van der Waals surface area contributed by atoms with Gasteiger partial charge >= 0.3 is 23.9 Å². The first-order valence-corrected chi connectivity index (χ1v) is 15.6. The zero-order valence-electron chi connectivity index (χ0n) is 27.3. The summed E-state index contributed by atoms with van der Waals surface area (Å²) in [6.07, 6.45) is -6.23. The Kier molecular flexibility index (Phi) is 9.98. The van der Waals surface area contributed by atoms with Crippen LogP contribution in [-0.2, 0) is 49.3 Å². The van der Waals surface area contributed by atoms with Crippen LogP contribution < -0.4 is 4.90 Å². The van der Waals surface area contributed by atoms with Gasteiger partial charge in [0, 0.05) is 65.0 Å². The number of pyridine rings is 1. The Hall–Kier alpha value is -5.06. The van der Waals surface area contributed by atoms with Crippen molar-refractivity contribution in [2.45, 2.75) is 64.8 Å². The Morgan fingerprint density at radius 3 is 2.08 bits per heavy atom. The van der Waals surface area contributed by atoms with Crippen molar-refractivity contribution in [3.05, 3.63) is 69.9 Å². The standard InChI is InChI=1S/C35H35N3O9S/c1-18(39)43-17-28-31(44-19(2)40)32(45-20(3)41)33(46-21(4)42)34(47-28)38-30-25-10-8-7-9-23(25)15-26(30)29(27(16-36)35(38)48)22-11-13-24(14-12-22)37(5)6/h7-14,28,31-34H,15,17H2,1-6H3/t28-,31+,32+,33-,34-/m1/s1. The molecule has 0 bridgehead atoms. The van der Waals surface area contributed by atoms with Gasteiger partial charge in [-0.3, -0.25) is 19.2 Å². The fraction of sp³-hybridized carbons (Fsp3) is 0.371. The highest BCUT2D eigenvalue weighted by Gasteiger charge is 2.54. The largest absolute Gasteiger partial charge is 0.463 e. The van der Waals surface area contributed by atoms with Gasteiger partial charge in [0.15, 0.2) is 24.5 Å². The number of hydrogen-bond donors (Lipinski definition) is 0. The van der Waals surface area contributed by atoms with Crippen molar-refractivity contribution in [1.29, 1.82) is 5.26 Å². The molecule has 5 rings (SSSR count). The molecule has 2 heterocycles. The maximum Gasteiger partial charge on any atom is 0.303 e. The van der Waals surface area contributed by atoms with E-state index in [1.165, 1.54) is 13.8 Å². The molecule has 5 atom stereocenters. The van der Waals surface area contributed by atoms with Crippen molar-refractivity contribution >= 4 is 41.8 Å². The quantitative estimate of drug-likeness (QED) is 0.146. The molecule has 12 nitrogen and oxygen atoms in total. The molecule has 2 aromatic carbocycles. The lowest BCUT2D eigenvalue weighted by atomic mass is 9.92. The van der Waals surface area contributed by atoms with Gasteiger partial charge in [0.1, 0.15) is 23.4 Å². The van der Waals surface area contributed by atoms with E-state index in [0.717, 1.165) is 41.8 Å². The molecule has 0 amide bonds. The molecule has 1 aliphatic carbocycles.